The number of rotatable bonds is 4. The molecule has 0 spiro atoms. The molecule has 1 aromatic rings. The number of carboxylic acid groups (broad SMARTS) is 1. The molecule has 0 saturated heterocycles. The Morgan fingerprint density at radius 1 is 1.25 bits per heavy atom. The Hall–Kier alpha value is -2.70. The van der Waals surface area contributed by atoms with Gasteiger partial charge in [-0.1, -0.05) is 12.2 Å². The lowest BCUT2D eigenvalue weighted by molar-refractivity contribution is -0.384. The molecular weight excluding hydrogens is 264 g/mol. The van der Waals surface area contributed by atoms with Crippen molar-refractivity contribution >= 4 is 23.3 Å². The maximum Gasteiger partial charge on any atom is 0.336 e. The molecule has 0 atom stereocenters. The van der Waals surface area contributed by atoms with E-state index in [4.69, 9.17) is 5.11 Å². The molecule has 0 bridgehead atoms. The summed E-state index contributed by atoms with van der Waals surface area (Å²) in [5.74, 6) is -1.76. The van der Waals surface area contributed by atoms with Crippen LogP contribution in [0.15, 0.2) is 30.4 Å². The second-order valence-electron chi connectivity index (χ2n) is 4.46. The Morgan fingerprint density at radius 2 is 1.90 bits per heavy atom. The van der Waals surface area contributed by atoms with Gasteiger partial charge in [0.1, 0.15) is 0 Å². The van der Waals surface area contributed by atoms with Crippen molar-refractivity contribution in [3.63, 3.8) is 0 Å². The Bertz CT molecular complexity index is 569. The number of nitrogens with zero attached hydrogens (tertiary/aromatic N) is 1. The molecule has 0 heterocycles. The Labute approximate surface area is 114 Å². The van der Waals surface area contributed by atoms with E-state index in [1.807, 2.05) is 12.2 Å². The zero-order chi connectivity index (χ0) is 14.7. The van der Waals surface area contributed by atoms with Crippen LogP contribution in [0.1, 0.15) is 23.2 Å². The number of carbonyl (C=O) groups excluding carboxylic acids is 1. The Kier molecular flexibility index (Phi) is 3.79. The number of hydrogen-bond acceptors (Lipinski definition) is 4. The van der Waals surface area contributed by atoms with Crippen LogP contribution in [0.3, 0.4) is 0 Å². The number of nitro benzene ring substituents is 1. The fraction of sp³-hybridized carbons (Fsp3) is 0.231. The summed E-state index contributed by atoms with van der Waals surface area (Å²) in [5, 5.41) is 22.2. The molecule has 1 aromatic carbocycles. The third-order valence-electron chi connectivity index (χ3n) is 3.02. The first-order valence-electron chi connectivity index (χ1n) is 5.96. The lowest BCUT2D eigenvalue weighted by Crippen LogP contribution is -2.20. The van der Waals surface area contributed by atoms with E-state index < -0.39 is 10.9 Å². The van der Waals surface area contributed by atoms with Crippen LogP contribution in [0.4, 0.5) is 11.4 Å². The second-order valence-corrected chi connectivity index (χ2v) is 4.46. The summed E-state index contributed by atoms with van der Waals surface area (Å²) < 4.78 is 0. The molecule has 1 aliphatic carbocycles. The van der Waals surface area contributed by atoms with Crippen LogP contribution < -0.4 is 5.32 Å². The average molecular weight is 276 g/mol. The topological polar surface area (TPSA) is 110 Å². The number of allylic oxidation sites excluding steroid dienone is 2. The van der Waals surface area contributed by atoms with Gasteiger partial charge in [0, 0.05) is 23.7 Å². The van der Waals surface area contributed by atoms with Gasteiger partial charge in [-0.3, -0.25) is 14.9 Å². The smallest absolute Gasteiger partial charge is 0.336 e. The van der Waals surface area contributed by atoms with E-state index in [0.717, 1.165) is 12.1 Å². The van der Waals surface area contributed by atoms with Gasteiger partial charge in [0.05, 0.1) is 10.5 Å². The van der Waals surface area contributed by atoms with E-state index in [1.54, 1.807) is 0 Å². The first-order chi connectivity index (χ1) is 9.47. The maximum atomic E-state index is 11.9. The minimum atomic E-state index is -1.29. The SMILES string of the molecule is O=C(O)c1cc(NC(=O)C2CC=CC2)cc([N+](=O)[O-])c1. The molecule has 0 fully saturated rings. The summed E-state index contributed by atoms with van der Waals surface area (Å²) >= 11 is 0. The number of anilines is 1. The highest BCUT2D eigenvalue weighted by Gasteiger charge is 2.21. The van der Waals surface area contributed by atoms with Crippen molar-refractivity contribution in [2.75, 3.05) is 5.32 Å². The first kappa shape index (κ1) is 13.7. The lowest BCUT2D eigenvalue weighted by atomic mass is 10.1. The van der Waals surface area contributed by atoms with Crippen LogP contribution in [-0.2, 0) is 4.79 Å². The molecule has 2 N–H and O–H groups in total. The van der Waals surface area contributed by atoms with E-state index in [1.165, 1.54) is 6.07 Å². The molecule has 104 valence electrons. The maximum absolute atomic E-state index is 11.9. The highest BCUT2D eigenvalue weighted by molar-refractivity contribution is 5.96. The quantitative estimate of drug-likeness (QED) is 0.497. The van der Waals surface area contributed by atoms with Gasteiger partial charge in [0.2, 0.25) is 5.91 Å². The Balaban J connectivity index is 2.23. The van der Waals surface area contributed by atoms with Gasteiger partial charge in [-0.2, -0.15) is 0 Å². The van der Waals surface area contributed by atoms with Crippen LogP contribution in [0, 0.1) is 16.0 Å². The predicted octanol–water partition coefficient (Wildman–Crippen LogP) is 2.20. The number of amides is 1. The van der Waals surface area contributed by atoms with E-state index in [2.05, 4.69) is 5.32 Å². The lowest BCUT2D eigenvalue weighted by Gasteiger charge is -2.10. The summed E-state index contributed by atoms with van der Waals surface area (Å²) in [6.07, 6.45) is 5.01. The van der Waals surface area contributed by atoms with Gasteiger partial charge < -0.3 is 10.4 Å². The van der Waals surface area contributed by atoms with Crippen LogP contribution in [0.25, 0.3) is 0 Å². The molecule has 1 amide bonds. The number of carbonyl (C=O) groups is 2. The van der Waals surface area contributed by atoms with Crippen LogP contribution >= 0.6 is 0 Å². The number of aromatic carboxylic acids is 1. The van der Waals surface area contributed by atoms with Crippen LogP contribution in [0.5, 0.6) is 0 Å². The number of nitro groups is 1. The van der Waals surface area contributed by atoms with Gasteiger partial charge in [-0.25, -0.2) is 4.79 Å². The highest BCUT2D eigenvalue weighted by atomic mass is 16.6. The summed E-state index contributed by atoms with van der Waals surface area (Å²) in [6, 6.07) is 3.30. The van der Waals surface area contributed by atoms with Crippen molar-refractivity contribution in [2.24, 2.45) is 5.92 Å². The van der Waals surface area contributed by atoms with Crippen molar-refractivity contribution in [1.82, 2.24) is 0 Å². The van der Waals surface area contributed by atoms with Crippen molar-refractivity contribution < 1.29 is 19.6 Å². The second kappa shape index (κ2) is 5.52. The van der Waals surface area contributed by atoms with Gasteiger partial charge in [-0.05, 0) is 18.9 Å². The third-order valence-corrected chi connectivity index (χ3v) is 3.02. The molecule has 1 aliphatic rings. The standard InChI is InChI=1S/C13H12N2O5/c16-12(8-3-1-2-4-8)14-10-5-9(13(17)18)6-11(7-10)15(19)20/h1-2,5-8H,3-4H2,(H,14,16)(H,17,18). The molecule has 0 aromatic heterocycles. The predicted molar refractivity (Wildman–Crippen MR) is 70.5 cm³/mol. The molecule has 20 heavy (non-hydrogen) atoms. The number of non-ortho nitro benzene ring substituents is 1. The van der Waals surface area contributed by atoms with Gasteiger partial charge in [-0.15, -0.1) is 0 Å². The molecule has 0 radical (unpaired) electrons. The molecule has 7 nitrogen and oxygen atoms in total. The monoisotopic (exact) mass is 276 g/mol. The van der Waals surface area contributed by atoms with Crippen molar-refractivity contribution in [2.45, 2.75) is 12.8 Å². The first-order valence-corrected chi connectivity index (χ1v) is 5.96. The minimum Gasteiger partial charge on any atom is -0.478 e. The largest absolute Gasteiger partial charge is 0.478 e. The zero-order valence-corrected chi connectivity index (χ0v) is 10.4. The molecule has 0 aliphatic heterocycles. The van der Waals surface area contributed by atoms with E-state index in [-0.39, 0.29) is 28.8 Å². The number of nitrogens with one attached hydrogen (secondary N) is 1. The van der Waals surface area contributed by atoms with Gasteiger partial charge >= 0.3 is 5.97 Å². The molecular formula is C13H12N2O5. The normalized spacial score (nSPS) is 14.2. The fourth-order valence-corrected chi connectivity index (χ4v) is 1.99. The molecule has 0 unspecified atom stereocenters. The van der Waals surface area contributed by atoms with E-state index in [0.29, 0.717) is 12.8 Å². The van der Waals surface area contributed by atoms with Gasteiger partial charge in [0.25, 0.3) is 5.69 Å². The molecule has 2 rings (SSSR count). The average Bonchev–Trinajstić information content (AvgIpc) is 2.92. The van der Waals surface area contributed by atoms with E-state index >= 15 is 0 Å². The van der Waals surface area contributed by atoms with Crippen molar-refractivity contribution in [1.29, 1.82) is 0 Å². The number of carboxylic acids is 1. The fourth-order valence-electron chi connectivity index (χ4n) is 1.99. The summed E-state index contributed by atoms with van der Waals surface area (Å²) in [4.78, 5) is 32.9. The van der Waals surface area contributed by atoms with Crippen LogP contribution in [0.2, 0.25) is 0 Å². The molecule has 7 heteroatoms. The van der Waals surface area contributed by atoms with Crippen molar-refractivity contribution in [3.05, 3.63) is 46.0 Å². The minimum absolute atomic E-state index is 0.119. The van der Waals surface area contributed by atoms with E-state index in [9.17, 15) is 19.7 Å². The zero-order valence-electron chi connectivity index (χ0n) is 10.4. The Morgan fingerprint density at radius 3 is 2.45 bits per heavy atom. The summed E-state index contributed by atoms with van der Waals surface area (Å²) in [7, 11) is 0. The number of hydrogen-bond donors (Lipinski definition) is 2. The number of benzene rings is 1. The summed E-state index contributed by atoms with van der Waals surface area (Å²) in [6.45, 7) is 0. The van der Waals surface area contributed by atoms with Crippen LogP contribution in [-0.4, -0.2) is 21.9 Å². The molecule has 0 saturated carbocycles. The third kappa shape index (κ3) is 3.00. The van der Waals surface area contributed by atoms with Gasteiger partial charge in [0.15, 0.2) is 0 Å². The van der Waals surface area contributed by atoms with Crippen molar-refractivity contribution in [3.8, 4) is 0 Å². The summed E-state index contributed by atoms with van der Waals surface area (Å²) in [5.41, 5.74) is -0.489. The highest BCUT2D eigenvalue weighted by Crippen LogP contribution is 2.24.